The first-order valence-corrected chi connectivity index (χ1v) is 9.12. The molecule has 2 amide bonds. The van der Waals surface area contributed by atoms with Gasteiger partial charge >= 0.3 is 0 Å². The van der Waals surface area contributed by atoms with E-state index in [-0.39, 0.29) is 17.7 Å². The molecule has 1 aliphatic heterocycles. The molecule has 0 saturated heterocycles. The monoisotopic (exact) mass is 364 g/mol. The molecule has 0 saturated carbocycles. The summed E-state index contributed by atoms with van der Waals surface area (Å²) in [4.78, 5) is 34.4. The highest BCUT2D eigenvalue weighted by Gasteiger charge is 2.43. The third kappa shape index (κ3) is 3.60. The summed E-state index contributed by atoms with van der Waals surface area (Å²) in [5, 5.41) is 5.69. The number of aliphatic imine (C=N–C) groups is 1. The Morgan fingerprint density at radius 3 is 2.56 bits per heavy atom. The molecule has 1 atom stereocenters. The highest BCUT2D eigenvalue weighted by atomic mass is 16.2. The lowest BCUT2D eigenvalue weighted by molar-refractivity contribution is -0.124. The largest absolute Gasteiger partial charge is 0.322 e. The summed E-state index contributed by atoms with van der Waals surface area (Å²) >= 11 is 0. The van der Waals surface area contributed by atoms with E-state index in [1.165, 1.54) is 0 Å². The first kappa shape index (κ1) is 18.8. The molecule has 1 unspecified atom stereocenters. The normalized spacial score (nSPS) is 19.0. The molecule has 2 N–H and O–H groups in total. The average molecular weight is 364 g/mol. The minimum absolute atomic E-state index is 0.0199. The smallest absolute Gasteiger partial charge is 0.258 e. The zero-order valence-electron chi connectivity index (χ0n) is 16.0. The van der Waals surface area contributed by atoms with Crippen molar-refractivity contribution in [3.63, 3.8) is 0 Å². The Hall–Kier alpha value is -3.02. The molecular weight excluding hydrogens is 340 g/mol. The Labute approximate surface area is 159 Å². The Balaban J connectivity index is 2.02. The van der Waals surface area contributed by atoms with Crippen molar-refractivity contribution in [1.82, 2.24) is 10.3 Å². The second-order valence-corrected chi connectivity index (χ2v) is 7.13. The third-order valence-electron chi connectivity index (χ3n) is 5.01. The van der Waals surface area contributed by atoms with E-state index in [1.54, 1.807) is 19.2 Å². The van der Waals surface area contributed by atoms with Gasteiger partial charge in [0.2, 0.25) is 0 Å². The molecule has 0 bridgehead atoms. The maximum absolute atomic E-state index is 12.9. The first-order valence-electron chi connectivity index (χ1n) is 9.12. The Bertz CT molecular complexity index is 906. The number of carbonyl (C=O) groups is 2. The third-order valence-corrected chi connectivity index (χ3v) is 5.01. The van der Waals surface area contributed by atoms with Crippen molar-refractivity contribution in [2.75, 3.05) is 5.32 Å². The average Bonchev–Trinajstić information content (AvgIpc) is 2.98. The summed E-state index contributed by atoms with van der Waals surface area (Å²) in [6, 6.07) is 11.0. The van der Waals surface area contributed by atoms with E-state index in [0.717, 1.165) is 12.0 Å². The van der Waals surface area contributed by atoms with E-state index >= 15 is 0 Å². The van der Waals surface area contributed by atoms with Gasteiger partial charge in [-0.05, 0) is 43.0 Å². The minimum atomic E-state index is -0.867. The van der Waals surface area contributed by atoms with Crippen LogP contribution in [0.25, 0.3) is 0 Å². The number of hydrogen-bond acceptors (Lipinski definition) is 4. The maximum atomic E-state index is 12.9. The number of aromatic nitrogens is 1. The van der Waals surface area contributed by atoms with Crippen molar-refractivity contribution in [1.29, 1.82) is 0 Å². The van der Waals surface area contributed by atoms with Crippen molar-refractivity contribution < 1.29 is 9.59 Å². The Kier molecular flexibility index (Phi) is 5.08. The fourth-order valence-electron chi connectivity index (χ4n) is 2.83. The van der Waals surface area contributed by atoms with E-state index in [2.05, 4.69) is 20.6 Å². The number of carbonyl (C=O) groups excluding carboxylic acids is 2. The van der Waals surface area contributed by atoms with E-state index in [4.69, 9.17) is 0 Å². The summed E-state index contributed by atoms with van der Waals surface area (Å²) < 4.78 is 0. The second kappa shape index (κ2) is 7.31. The van der Waals surface area contributed by atoms with Crippen LogP contribution in [0.2, 0.25) is 0 Å². The minimum Gasteiger partial charge on any atom is -0.322 e. The summed E-state index contributed by atoms with van der Waals surface area (Å²) in [7, 11) is 0. The van der Waals surface area contributed by atoms with Gasteiger partial charge in [-0.2, -0.15) is 0 Å². The molecule has 3 rings (SSSR count). The van der Waals surface area contributed by atoms with Crippen LogP contribution in [0.1, 0.15) is 49.3 Å². The molecule has 140 valence electrons. The lowest BCUT2D eigenvalue weighted by Gasteiger charge is -2.21. The highest BCUT2D eigenvalue weighted by Crippen LogP contribution is 2.27. The topological polar surface area (TPSA) is 83.5 Å². The number of pyridine rings is 1. The van der Waals surface area contributed by atoms with Gasteiger partial charge in [-0.1, -0.05) is 39.0 Å². The van der Waals surface area contributed by atoms with Crippen molar-refractivity contribution >= 4 is 23.3 Å². The van der Waals surface area contributed by atoms with Gasteiger partial charge in [0.15, 0.2) is 5.84 Å². The van der Waals surface area contributed by atoms with E-state index < -0.39 is 5.54 Å². The lowest BCUT2D eigenvalue weighted by Crippen LogP contribution is -2.41. The molecule has 2 heterocycles. The van der Waals surface area contributed by atoms with Crippen LogP contribution in [0, 0.1) is 5.92 Å². The number of amides is 2. The molecule has 0 spiro atoms. The lowest BCUT2D eigenvalue weighted by atomic mass is 9.89. The molecule has 0 radical (unpaired) electrons. The van der Waals surface area contributed by atoms with Crippen LogP contribution in [-0.2, 0) is 11.2 Å². The molecular formula is C21H24N4O2. The number of hydrogen-bond donors (Lipinski definition) is 2. The molecule has 1 aromatic heterocycles. The van der Waals surface area contributed by atoms with Gasteiger partial charge in [-0.15, -0.1) is 0 Å². The second-order valence-electron chi connectivity index (χ2n) is 7.13. The molecule has 27 heavy (non-hydrogen) atoms. The van der Waals surface area contributed by atoms with Crippen molar-refractivity contribution in [3.8, 4) is 0 Å². The van der Waals surface area contributed by atoms with Gasteiger partial charge in [0, 0.05) is 11.9 Å². The zero-order valence-corrected chi connectivity index (χ0v) is 16.0. The Morgan fingerprint density at radius 1 is 1.26 bits per heavy atom. The van der Waals surface area contributed by atoms with Gasteiger partial charge < -0.3 is 10.6 Å². The summed E-state index contributed by atoms with van der Waals surface area (Å²) in [6.45, 7) is 7.69. The van der Waals surface area contributed by atoms with Gasteiger partial charge in [0.05, 0.1) is 5.56 Å². The van der Waals surface area contributed by atoms with Crippen LogP contribution in [0.15, 0.2) is 47.6 Å². The van der Waals surface area contributed by atoms with Crippen molar-refractivity contribution in [2.45, 2.75) is 39.7 Å². The number of benzene rings is 1. The maximum Gasteiger partial charge on any atom is 0.258 e. The van der Waals surface area contributed by atoms with Crippen LogP contribution in [0.3, 0.4) is 0 Å². The van der Waals surface area contributed by atoms with Gasteiger partial charge in [0.1, 0.15) is 11.2 Å². The van der Waals surface area contributed by atoms with E-state index in [1.807, 2.05) is 51.1 Å². The summed E-state index contributed by atoms with van der Waals surface area (Å²) in [5.74, 6) is -0.0963. The van der Waals surface area contributed by atoms with Crippen LogP contribution in [0.5, 0.6) is 0 Å². The van der Waals surface area contributed by atoms with Crippen molar-refractivity contribution in [3.05, 3.63) is 59.4 Å². The first-order chi connectivity index (χ1) is 12.8. The van der Waals surface area contributed by atoms with Gasteiger partial charge in [-0.3, -0.25) is 14.6 Å². The van der Waals surface area contributed by atoms with E-state index in [9.17, 15) is 9.59 Å². The van der Waals surface area contributed by atoms with E-state index in [0.29, 0.717) is 22.8 Å². The van der Waals surface area contributed by atoms with Crippen LogP contribution in [-0.4, -0.2) is 28.2 Å². The van der Waals surface area contributed by atoms with Crippen LogP contribution >= 0.6 is 0 Å². The quantitative estimate of drug-likeness (QED) is 0.855. The number of nitrogens with zero attached hydrogens (tertiary/aromatic N) is 2. The molecule has 2 aromatic rings. The predicted molar refractivity (Wildman–Crippen MR) is 106 cm³/mol. The fraction of sp³-hybridized carbons (Fsp3) is 0.333. The van der Waals surface area contributed by atoms with Crippen LogP contribution in [0.4, 0.5) is 5.69 Å². The van der Waals surface area contributed by atoms with Gasteiger partial charge in [-0.25, -0.2) is 4.99 Å². The number of amidine groups is 1. The summed E-state index contributed by atoms with van der Waals surface area (Å²) in [6.07, 6.45) is 2.47. The number of para-hydroxylation sites is 1. The number of rotatable bonds is 5. The highest BCUT2D eigenvalue weighted by molar-refractivity contribution is 6.19. The predicted octanol–water partition coefficient (Wildman–Crippen LogP) is 3.19. The fourth-order valence-corrected chi connectivity index (χ4v) is 2.83. The Morgan fingerprint density at radius 2 is 1.96 bits per heavy atom. The standard InChI is InChI=1S/C21H24N4O2/c1-5-14-11-16(19(26)23-15-9-7-6-8-10-15)17(22-12-14)18-24-20(27)21(4,25-18)13(2)3/h6-13H,5H2,1-4H3,(H,23,26)(H,24,25,27). The number of anilines is 1. The van der Waals surface area contributed by atoms with Crippen LogP contribution < -0.4 is 10.6 Å². The zero-order chi connectivity index (χ0) is 19.6. The molecule has 0 fully saturated rings. The molecule has 6 nitrogen and oxygen atoms in total. The molecule has 6 heteroatoms. The summed E-state index contributed by atoms with van der Waals surface area (Å²) in [5.41, 5.74) is 1.55. The SMILES string of the molecule is CCc1cnc(C2=NC(C)(C(C)C)C(=O)N2)c(C(=O)Nc2ccccc2)c1. The molecule has 1 aromatic carbocycles. The molecule has 0 aliphatic carbocycles. The number of aryl methyl sites for hydroxylation is 1. The number of nitrogens with one attached hydrogen (secondary N) is 2. The van der Waals surface area contributed by atoms with Crippen molar-refractivity contribution in [2.24, 2.45) is 10.9 Å². The van der Waals surface area contributed by atoms with Gasteiger partial charge in [0.25, 0.3) is 11.8 Å². The molecule has 1 aliphatic rings.